The van der Waals surface area contributed by atoms with Crippen LogP contribution in [0.5, 0.6) is 0 Å². The Bertz CT molecular complexity index is 411. The van der Waals surface area contributed by atoms with E-state index in [2.05, 4.69) is 0 Å². The summed E-state index contributed by atoms with van der Waals surface area (Å²) in [4.78, 5) is 10.6. The number of carbonyl (C=O) groups is 1. The van der Waals surface area contributed by atoms with Crippen molar-refractivity contribution in [2.75, 3.05) is 0 Å². The highest BCUT2D eigenvalue weighted by Crippen LogP contribution is 2.33. The number of hydrogen-bond donors (Lipinski definition) is 1. The molecule has 0 saturated carbocycles. The van der Waals surface area contributed by atoms with E-state index < -0.39 is 34.6 Å². The van der Waals surface area contributed by atoms with Gasteiger partial charge in [-0.05, 0) is 24.6 Å². The number of halogens is 4. The van der Waals surface area contributed by atoms with Gasteiger partial charge in [-0.3, -0.25) is 4.79 Å². The molecule has 0 heterocycles. The van der Waals surface area contributed by atoms with Gasteiger partial charge in [0.1, 0.15) is 5.82 Å². The third-order valence-corrected chi connectivity index (χ3v) is 1.96. The molecule has 0 aliphatic carbocycles. The molecule has 1 amide bonds. The van der Waals surface area contributed by atoms with Crippen LogP contribution in [0.15, 0.2) is 12.1 Å². The second-order valence-corrected chi connectivity index (χ2v) is 2.96. The van der Waals surface area contributed by atoms with Crippen molar-refractivity contribution in [2.45, 2.75) is 13.1 Å². The van der Waals surface area contributed by atoms with Gasteiger partial charge >= 0.3 is 6.18 Å². The highest BCUT2D eigenvalue weighted by atomic mass is 19.4. The van der Waals surface area contributed by atoms with Crippen LogP contribution >= 0.6 is 0 Å². The molecule has 0 spiro atoms. The van der Waals surface area contributed by atoms with Crippen molar-refractivity contribution in [3.63, 3.8) is 0 Å². The largest absolute Gasteiger partial charge is 0.416 e. The minimum absolute atomic E-state index is 0.541. The van der Waals surface area contributed by atoms with E-state index in [9.17, 15) is 22.4 Å². The number of carbonyl (C=O) groups excluding carboxylic acids is 1. The van der Waals surface area contributed by atoms with Gasteiger partial charge in [0.05, 0.1) is 11.1 Å². The summed E-state index contributed by atoms with van der Waals surface area (Å²) in [5.41, 5.74) is 2.51. The van der Waals surface area contributed by atoms with Crippen molar-refractivity contribution in [3.05, 3.63) is 34.6 Å². The smallest absolute Gasteiger partial charge is 0.366 e. The maximum atomic E-state index is 13.2. The Kier molecular flexibility index (Phi) is 2.70. The molecule has 0 unspecified atom stereocenters. The summed E-state index contributed by atoms with van der Waals surface area (Å²) in [6, 6.07) is 1.37. The lowest BCUT2D eigenvalue weighted by atomic mass is 10.0. The molecule has 0 aromatic heterocycles. The van der Waals surface area contributed by atoms with Crippen LogP contribution in [0.2, 0.25) is 0 Å². The summed E-state index contributed by atoms with van der Waals surface area (Å²) in [5.74, 6) is -2.32. The Labute approximate surface area is 82.7 Å². The van der Waals surface area contributed by atoms with Gasteiger partial charge in [-0.25, -0.2) is 4.39 Å². The zero-order valence-corrected chi connectivity index (χ0v) is 7.65. The molecule has 82 valence electrons. The molecule has 0 atom stereocenters. The van der Waals surface area contributed by atoms with Gasteiger partial charge < -0.3 is 5.73 Å². The van der Waals surface area contributed by atoms with E-state index in [1.54, 1.807) is 0 Å². The molecular weight excluding hydrogens is 214 g/mol. The Balaban J connectivity index is 3.41. The first-order valence-electron chi connectivity index (χ1n) is 3.91. The molecule has 6 heteroatoms. The quantitative estimate of drug-likeness (QED) is 0.726. The number of amides is 1. The van der Waals surface area contributed by atoms with Crippen LogP contribution < -0.4 is 5.73 Å². The van der Waals surface area contributed by atoms with Crippen LogP contribution in [-0.2, 0) is 6.18 Å². The molecule has 1 aromatic rings. The predicted octanol–water partition coefficient (Wildman–Crippen LogP) is 2.25. The second kappa shape index (κ2) is 3.52. The Morgan fingerprint density at radius 2 is 1.87 bits per heavy atom. The van der Waals surface area contributed by atoms with E-state index in [4.69, 9.17) is 5.73 Å². The summed E-state index contributed by atoms with van der Waals surface area (Å²) in [6.45, 7) is 0.949. The standard InChI is InChI=1S/C9H7F4NO/c1-4-6(9(11,12)13)3-2-5(7(4)10)8(14)15/h2-3H,1H3,(H2,14,15). The van der Waals surface area contributed by atoms with Gasteiger partial charge in [-0.1, -0.05) is 0 Å². The zero-order chi connectivity index (χ0) is 11.8. The normalized spacial score (nSPS) is 11.5. The second-order valence-electron chi connectivity index (χ2n) is 2.96. The molecule has 0 aliphatic heterocycles. The van der Waals surface area contributed by atoms with Gasteiger partial charge in [0, 0.05) is 0 Å². The average molecular weight is 221 g/mol. The van der Waals surface area contributed by atoms with Crippen molar-refractivity contribution >= 4 is 5.91 Å². The Morgan fingerprint density at radius 1 is 1.33 bits per heavy atom. The first-order chi connectivity index (χ1) is 6.75. The molecular formula is C9H7F4NO. The summed E-state index contributed by atoms with van der Waals surface area (Å²) in [7, 11) is 0. The molecule has 0 bridgehead atoms. The Hall–Kier alpha value is -1.59. The lowest BCUT2D eigenvalue weighted by molar-refractivity contribution is -0.138. The number of nitrogens with two attached hydrogens (primary N) is 1. The van der Waals surface area contributed by atoms with Crippen molar-refractivity contribution < 1.29 is 22.4 Å². The SMILES string of the molecule is Cc1c(C(F)(F)F)ccc(C(N)=O)c1F. The molecule has 0 fully saturated rings. The minimum Gasteiger partial charge on any atom is -0.366 e. The lowest BCUT2D eigenvalue weighted by Gasteiger charge is -2.11. The molecule has 2 N–H and O–H groups in total. The van der Waals surface area contributed by atoms with E-state index in [0.29, 0.717) is 6.07 Å². The predicted molar refractivity (Wildman–Crippen MR) is 44.7 cm³/mol. The molecule has 2 nitrogen and oxygen atoms in total. The van der Waals surface area contributed by atoms with E-state index >= 15 is 0 Å². The topological polar surface area (TPSA) is 43.1 Å². The highest BCUT2D eigenvalue weighted by Gasteiger charge is 2.34. The summed E-state index contributed by atoms with van der Waals surface area (Å²) in [6.07, 6.45) is -4.64. The monoisotopic (exact) mass is 221 g/mol. The van der Waals surface area contributed by atoms with Crippen LogP contribution in [0.3, 0.4) is 0 Å². The van der Waals surface area contributed by atoms with E-state index in [0.717, 1.165) is 13.0 Å². The maximum absolute atomic E-state index is 13.2. The average Bonchev–Trinajstić information content (AvgIpc) is 2.06. The van der Waals surface area contributed by atoms with Crippen LogP contribution in [0.1, 0.15) is 21.5 Å². The number of rotatable bonds is 1. The number of primary amides is 1. The Morgan fingerprint density at radius 3 is 2.27 bits per heavy atom. The summed E-state index contributed by atoms with van der Waals surface area (Å²) in [5, 5.41) is 0. The third kappa shape index (κ3) is 2.08. The molecule has 1 rings (SSSR count). The number of hydrogen-bond acceptors (Lipinski definition) is 1. The maximum Gasteiger partial charge on any atom is 0.416 e. The van der Waals surface area contributed by atoms with Crippen molar-refractivity contribution in [2.24, 2.45) is 5.73 Å². The van der Waals surface area contributed by atoms with Crippen LogP contribution in [-0.4, -0.2) is 5.91 Å². The molecule has 0 aliphatic rings. The van der Waals surface area contributed by atoms with Crippen LogP contribution in [0.25, 0.3) is 0 Å². The number of alkyl halides is 3. The third-order valence-electron chi connectivity index (χ3n) is 1.96. The summed E-state index contributed by atoms with van der Waals surface area (Å²) < 4.78 is 50.1. The van der Waals surface area contributed by atoms with E-state index in [1.807, 2.05) is 0 Å². The fourth-order valence-corrected chi connectivity index (χ4v) is 1.18. The zero-order valence-electron chi connectivity index (χ0n) is 7.65. The van der Waals surface area contributed by atoms with Crippen molar-refractivity contribution in [1.82, 2.24) is 0 Å². The van der Waals surface area contributed by atoms with Crippen LogP contribution in [0, 0.1) is 12.7 Å². The van der Waals surface area contributed by atoms with Gasteiger partial charge in [0.15, 0.2) is 0 Å². The highest BCUT2D eigenvalue weighted by molar-refractivity contribution is 5.93. The molecule has 0 radical (unpaired) electrons. The van der Waals surface area contributed by atoms with Crippen molar-refractivity contribution in [3.8, 4) is 0 Å². The molecule has 1 aromatic carbocycles. The first-order valence-corrected chi connectivity index (χ1v) is 3.91. The number of benzene rings is 1. The summed E-state index contributed by atoms with van der Waals surface area (Å²) >= 11 is 0. The van der Waals surface area contributed by atoms with E-state index in [-0.39, 0.29) is 0 Å². The minimum atomic E-state index is -4.64. The van der Waals surface area contributed by atoms with E-state index in [1.165, 1.54) is 0 Å². The fraction of sp³-hybridized carbons (Fsp3) is 0.222. The molecule has 0 saturated heterocycles. The van der Waals surface area contributed by atoms with Gasteiger partial charge in [0.25, 0.3) is 5.91 Å². The van der Waals surface area contributed by atoms with Crippen molar-refractivity contribution in [1.29, 1.82) is 0 Å². The van der Waals surface area contributed by atoms with Crippen LogP contribution in [0.4, 0.5) is 17.6 Å². The molecule has 15 heavy (non-hydrogen) atoms. The van der Waals surface area contributed by atoms with Gasteiger partial charge in [-0.2, -0.15) is 13.2 Å². The van der Waals surface area contributed by atoms with Gasteiger partial charge in [-0.15, -0.1) is 0 Å². The van der Waals surface area contributed by atoms with Gasteiger partial charge in [0.2, 0.25) is 0 Å². The first kappa shape index (κ1) is 11.5. The lowest BCUT2D eigenvalue weighted by Crippen LogP contribution is -2.16. The fourth-order valence-electron chi connectivity index (χ4n) is 1.18.